The molecule has 1 aliphatic heterocycles. The predicted molar refractivity (Wildman–Crippen MR) is 77.2 cm³/mol. The number of carbonyl (C=O) groups excluding carboxylic acids is 1. The molecule has 0 atom stereocenters. The average molecular weight is 302 g/mol. The zero-order valence-electron chi connectivity index (χ0n) is 12.4. The Morgan fingerprint density at radius 1 is 1.14 bits per heavy atom. The number of piperidine rings is 1. The highest BCUT2D eigenvalue weighted by Gasteiger charge is 2.12. The van der Waals surface area contributed by atoms with Gasteiger partial charge in [-0.05, 0) is 32.4 Å². The van der Waals surface area contributed by atoms with E-state index in [1.807, 2.05) is 0 Å². The molecule has 21 heavy (non-hydrogen) atoms. The van der Waals surface area contributed by atoms with Crippen molar-refractivity contribution in [2.75, 3.05) is 39.5 Å². The van der Waals surface area contributed by atoms with Gasteiger partial charge in [0.25, 0.3) is 0 Å². The molecule has 1 amide bonds. The summed E-state index contributed by atoms with van der Waals surface area (Å²) in [5.74, 6) is -1.19. The van der Waals surface area contributed by atoms with E-state index in [9.17, 15) is 9.59 Å². The van der Waals surface area contributed by atoms with Crippen LogP contribution in [0, 0.1) is 0 Å². The summed E-state index contributed by atoms with van der Waals surface area (Å²) in [6.07, 6.45) is 3.08. The van der Waals surface area contributed by atoms with Gasteiger partial charge in [0.15, 0.2) is 0 Å². The molecule has 7 heteroatoms. The van der Waals surface area contributed by atoms with Crippen LogP contribution in [0.2, 0.25) is 0 Å². The molecule has 0 saturated carbocycles. The number of rotatable bonds is 11. The average Bonchev–Trinajstić information content (AvgIpc) is 2.49. The fourth-order valence-corrected chi connectivity index (χ4v) is 2.05. The molecule has 0 radical (unpaired) electrons. The van der Waals surface area contributed by atoms with Gasteiger partial charge in [0.1, 0.15) is 0 Å². The van der Waals surface area contributed by atoms with Gasteiger partial charge in [-0.25, -0.2) is 0 Å². The highest BCUT2D eigenvalue weighted by Crippen LogP contribution is 2.06. The van der Waals surface area contributed by atoms with Crippen molar-refractivity contribution in [3.05, 3.63) is 0 Å². The summed E-state index contributed by atoms with van der Waals surface area (Å²) in [6, 6.07) is 0. The maximum absolute atomic E-state index is 11.2. The van der Waals surface area contributed by atoms with Crippen molar-refractivity contribution in [2.24, 2.45) is 0 Å². The maximum atomic E-state index is 11.2. The van der Waals surface area contributed by atoms with E-state index in [1.165, 1.54) is 0 Å². The zero-order valence-corrected chi connectivity index (χ0v) is 12.4. The van der Waals surface area contributed by atoms with Crippen molar-refractivity contribution >= 4 is 11.9 Å². The SMILES string of the molecule is O=C(O)CCC(=O)NCCCOCCOC1CCNCC1. The molecule has 1 aliphatic rings. The van der Waals surface area contributed by atoms with Crippen LogP contribution in [-0.2, 0) is 19.1 Å². The quantitative estimate of drug-likeness (QED) is 0.470. The molecule has 1 fully saturated rings. The summed E-state index contributed by atoms with van der Waals surface area (Å²) in [4.78, 5) is 21.5. The molecule has 0 unspecified atom stereocenters. The molecular weight excluding hydrogens is 276 g/mol. The Balaban J connectivity index is 1.81. The molecule has 0 spiro atoms. The molecule has 1 rings (SSSR count). The standard InChI is InChI=1S/C14H26N2O5/c17-13(2-3-14(18)19)16-6-1-9-20-10-11-21-12-4-7-15-8-5-12/h12,15H,1-11H2,(H,16,17)(H,18,19). The van der Waals surface area contributed by atoms with Crippen LogP contribution in [0.25, 0.3) is 0 Å². The molecular formula is C14H26N2O5. The summed E-state index contributed by atoms with van der Waals surface area (Å²) in [5.41, 5.74) is 0. The lowest BCUT2D eigenvalue weighted by Crippen LogP contribution is -2.33. The second-order valence-corrected chi connectivity index (χ2v) is 5.03. The number of aliphatic carboxylic acids is 1. The zero-order chi connectivity index (χ0) is 15.3. The molecule has 7 nitrogen and oxygen atoms in total. The monoisotopic (exact) mass is 302 g/mol. The minimum Gasteiger partial charge on any atom is -0.481 e. The molecule has 3 N–H and O–H groups in total. The van der Waals surface area contributed by atoms with E-state index in [-0.39, 0.29) is 18.7 Å². The van der Waals surface area contributed by atoms with Crippen LogP contribution < -0.4 is 10.6 Å². The fourth-order valence-electron chi connectivity index (χ4n) is 2.05. The van der Waals surface area contributed by atoms with Gasteiger partial charge in [-0.15, -0.1) is 0 Å². The lowest BCUT2D eigenvalue weighted by Gasteiger charge is -2.22. The van der Waals surface area contributed by atoms with Crippen LogP contribution in [0.4, 0.5) is 0 Å². The van der Waals surface area contributed by atoms with Gasteiger partial charge in [0.05, 0.1) is 25.7 Å². The van der Waals surface area contributed by atoms with Gasteiger partial charge < -0.3 is 25.2 Å². The number of carbonyl (C=O) groups is 2. The topological polar surface area (TPSA) is 96.9 Å². The van der Waals surface area contributed by atoms with Crippen LogP contribution in [0.1, 0.15) is 32.1 Å². The van der Waals surface area contributed by atoms with Gasteiger partial charge in [-0.1, -0.05) is 0 Å². The van der Waals surface area contributed by atoms with Crippen molar-refractivity contribution in [1.82, 2.24) is 10.6 Å². The Morgan fingerprint density at radius 2 is 1.90 bits per heavy atom. The van der Waals surface area contributed by atoms with Gasteiger partial charge in [-0.2, -0.15) is 0 Å². The number of hydrogen-bond acceptors (Lipinski definition) is 5. The first kappa shape index (κ1) is 17.9. The molecule has 0 bridgehead atoms. The molecule has 0 aliphatic carbocycles. The van der Waals surface area contributed by atoms with E-state index < -0.39 is 5.97 Å². The summed E-state index contributed by atoms with van der Waals surface area (Å²) in [7, 11) is 0. The smallest absolute Gasteiger partial charge is 0.303 e. The summed E-state index contributed by atoms with van der Waals surface area (Å²) < 4.78 is 11.1. The molecule has 0 aromatic heterocycles. The van der Waals surface area contributed by atoms with Gasteiger partial charge >= 0.3 is 5.97 Å². The van der Waals surface area contributed by atoms with Crippen molar-refractivity contribution in [3.63, 3.8) is 0 Å². The van der Waals surface area contributed by atoms with E-state index in [1.54, 1.807) is 0 Å². The lowest BCUT2D eigenvalue weighted by molar-refractivity contribution is -0.138. The van der Waals surface area contributed by atoms with Crippen LogP contribution >= 0.6 is 0 Å². The lowest BCUT2D eigenvalue weighted by atomic mass is 10.1. The van der Waals surface area contributed by atoms with Gasteiger partial charge in [0, 0.05) is 19.6 Å². The number of hydrogen-bond donors (Lipinski definition) is 3. The highest BCUT2D eigenvalue weighted by molar-refractivity contribution is 5.80. The van der Waals surface area contributed by atoms with Crippen molar-refractivity contribution in [1.29, 1.82) is 0 Å². The summed E-state index contributed by atoms with van der Waals surface area (Å²) >= 11 is 0. The molecule has 1 heterocycles. The summed E-state index contributed by atoms with van der Waals surface area (Å²) in [6.45, 7) is 4.29. The van der Waals surface area contributed by atoms with Gasteiger partial charge in [0.2, 0.25) is 5.91 Å². The van der Waals surface area contributed by atoms with Crippen molar-refractivity contribution in [3.8, 4) is 0 Å². The predicted octanol–water partition coefficient (Wildman–Crippen LogP) is 0.143. The Kier molecular flexibility index (Phi) is 9.77. The molecule has 0 aromatic carbocycles. The number of ether oxygens (including phenoxy) is 2. The molecule has 0 aromatic rings. The first-order valence-corrected chi connectivity index (χ1v) is 7.57. The summed E-state index contributed by atoms with van der Waals surface area (Å²) in [5, 5.41) is 14.4. The van der Waals surface area contributed by atoms with E-state index in [4.69, 9.17) is 14.6 Å². The van der Waals surface area contributed by atoms with Crippen LogP contribution in [0.5, 0.6) is 0 Å². The number of carboxylic acids is 1. The first-order valence-electron chi connectivity index (χ1n) is 7.57. The van der Waals surface area contributed by atoms with E-state index in [2.05, 4.69) is 10.6 Å². The third-order valence-corrected chi connectivity index (χ3v) is 3.22. The Labute approximate surface area is 125 Å². The minimum absolute atomic E-state index is 0.0281. The van der Waals surface area contributed by atoms with E-state index in [0.29, 0.717) is 38.9 Å². The van der Waals surface area contributed by atoms with E-state index in [0.717, 1.165) is 25.9 Å². The van der Waals surface area contributed by atoms with Crippen LogP contribution in [0.15, 0.2) is 0 Å². The maximum Gasteiger partial charge on any atom is 0.303 e. The second-order valence-electron chi connectivity index (χ2n) is 5.03. The van der Waals surface area contributed by atoms with Crippen LogP contribution in [0.3, 0.4) is 0 Å². The number of nitrogens with one attached hydrogen (secondary N) is 2. The Hall–Kier alpha value is -1.18. The first-order chi connectivity index (χ1) is 10.2. The normalized spacial score (nSPS) is 15.8. The fraction of sp³-hybridized carbons (Fsp3) is 0.857. The highest BCUT2D eigenvalue weighted by atomic mass is 16.5. The Bertz CT molecular complexity index is 306. The number of amides is 1. The van der Waals surface area contributed by atoms with Crippen LogP contribution in [-0.4, -0.2) is 62.5 Å². The number of carboxylic acid groups (broad SMARTS) is 1. The largest absolute Gasteiger partial charge is 0.481 e. The second kappa shape index (κ2) is 11.5. The Morgan fingerprint density at radius 3 is 2.62 bits per heavy atom. The third-order valence-electron chi connectivity index (χ3n) is 3.22. The van der Waals surface area contributed by atoms with Gasteiger partial charge in [-0.3, -0.25) is 9.59 Å². The van der Waals surface area contributed by atoms with E-state index >= 15 is 0 Å². The third kappa shape index (κ3) is 10.2. The molecule has 1 saturated heterocycles. The molecule has 122 valence electrons. The van der Waals surface area contributed by atoms with Crippen molar-refractivity contribution < 1.29 is 24.2 Å². The van der Waals surface area contributed by atoms with Crippen molar-refractivity contribution in [2.45, 2.75) is 38.2 Å². The minimum atomic E-state index is -0.956.